The minimum absolute atomic E-state index is 0.1000. The molecule has 0 saturated carbocycles. The molecule has 2 aliphatic rings. The zero-order chi connectivity index (χ0) is 38.8. The Hall–Kier alpha value is -5.84. The Bertz CT molecular complexity index is 2120. The largest absolute Gasteiger partial charge is 0.340 e. The van der Waals surface area contributed by atoms with E-state index in [1.165, 1.54) is 0 Å². The van der Waals surface area contributed by atoms with Gasteiger partial charge in [-0.15, -0.1) is 0 Å². The molecule has 4 atom stereocenters. The minimum Gasteiger partial charge on any atom is -0.340 e. The van der Waals surface area contributed by atoms with Gasteiger partial charge in [0.05, 0.1) is 35.9 Å². The third kappa shape index (κ3) is 7.42. The molecule has 10 heteroatoms. The maximum atomic E-state index is 14.0. The van der Waals surface area contributed by atoms with Gasteiger partial charge in [-0.2, -0.15) is 0 Å². The summed E-state index contributed by atoms with van der Waals surface area (Å²) in [5.41, 5.74) is 8.04. The fraction of sp³-hybridized carbons (Fsp3) is 0.304. The first-order valence-electron chi connectivity index (χ1n) is 19.6. The molecule has 6 aromatic rings. The Kier molecular flexibility index (Phi) is 10.7. The molecule has 2 saturated heterocycles. The van der Waals surface area contributed by atoms with Crippen molar-refractivity contribution >= 4 is 11.8 Å². The molecule has 0 unspecified atom stereocenters. The van der Waals surface area contributed by atoms with Gasteiger partial charge in [-0.05, 0) is 88.3 Å². The SMILES string of the molecule is CN(C)[C@@H](C(=O)N1CCC[C@H]1c1ncc(-c2cccc(-c3cccc(-c4cnc([C@@H]5CCCN5C(=O)[C@@H](c5ccccc5)N(C)C)[nH]4)c3)c2)[nH]1)c1ccccc1. The Labute approximate surface area is 329 Å². The van der Waals surface area contributed by atoms with E-state index in [9.17, 15) is 9.59 Å². The van der Waals surface area contributed by atoms with E-state index in [1.807, 2.05) is 121 Å². The van der Waals surface area contributed by atoms with Gasteiger partial charge >= 0.3 is 0 Å². The lowest BCUT2D eigenvalue weighted by Crippen LogP contribution is -2.40. The van der Waals surface area contributed by atoms with E-state index in [0.29, 0.717) is 13.1 Å². The Morgan fingerprint density at radius 3 is 1.36 bits per heavy atom. The number of nitrogens with one attached hydrogen (secondary N) is 2. The summed E-state index contributed by atoms with van der Waals surface area (Å²) in [6.07, 6.45) is 7.39. The van der Waals surface area contributed by atoms with Crippen LogP contribution in [0.3, 0.4) is 0 Å². The lowest BCUT2D eigenvalue weighted by Gasteiger charge is -2.31. The summed E-state index contributed by atoms with van der Waals surface area (Å²) in [5.74, 6) is 1.84. The normalized spacial score (nSPS) is 18.2. The summed E-state index contributed by atoms with van der Waals surface area (Å²) in [7, 11) is 7.84. The van der Waals surface area contributed by atoms with E-state index < -0.39 is 0 Å². The number of amides is 2. The maximum Gasteiger partial charge on any atom is 0.245 e. The van der Waals surface area contributed by atoms with Crippen molar-refractivity contribution in [2.24, 2.45) is 0 Å². The second kappa shape index (κ2) is 16.1. The summed E-state index contributed by atoms with van der Waals surface area (Å²) in [4.78, 5) is 52.8. The number of H-pyrrole nitrogens is 2. The van der Waals surface area contributed by atoms with Crippen LogP contribution in [0.2, 0.25) is 0 Å². The van der Waals surface area contributed by atoms with Gasteiger partial charge in [0, 0.05) is 24.2 Å². The number of hydrogen-bond donors (Lipinski definition) is 2. The van der Waals surface area contributed by atoms with Gasteiger partial charge in [0.25, 0.3) is 0 Å². The van der Waals surface area contributed by atoms with Crippen LogP contribution in [0.25, 0.3) is 33.6 Å². The molecule has 56 heavy (non-hydrogen) atoms. The number of aromatic nitrogens is 4. The molecule has 286 valence electrons. The van der Waals surface area contributed by atoms with Crippen LogP contribution in [0, 0.1) is 0 Å². The van der Waals surface area contributed by atoms with E-state index >= 15 is 0 Å². The van der Waals surface area contributed by atoms with Crippen LogP contribution in [-0.4, -0.2) is 92.6 Å². The molecule has 10 nitrogen and oxygen atoms in total. The first-order chi connectivity index (χ1) is 27.3. The van der Waals surface area contributed by atoms with Crippen molar-refractivity contribution in [1.29, 1.82) is 0 Å². The van der Waals surface area contributed by atoms with Crippen molar-refractivity contribution in [3.63, 3.8) is 0 Å². The fourth-order valence-corrected chi connectivity index (χ4v) is 8.58. The van der Waals surface area contributed by atoms with Gasteiger partial charge in [0.1, 0.15) is 23.7 Å². The van der Waals surface area contributed by atoms with E-state index in [1.54, 1.807) is 0 Å². The lowest BCUT2D eigenvalue weighted by atomic mass is 9.99. The molecule has 4 heterocycles. The van der Waals surface area contributed by atoms with Gasteiger partial charge < -0.3 is 19.8 Å². The zero-order valence-electron chi connectivity index (χ0n) is 32.6. The van der Waals surface area contributed by atoms with E-state index in [4.69, 9.17) is 9.97 Å². The first kappa shape index (κ1) is 37.1. The Morgan fingerprint density at radius 1 is 0.571 bits per heavy atom. The van der Waals surface area contributed by atoms with E-state index in [2.05, 4.69) is 58.5 Å². The number of likely N-dealkylation sites (tertiary alicyclic amines) is 2. The fourth-order valence-electron chi connectivity index (χ4n) is 8.58. The molecule has 8 rings (SSSR count). The molecule has 2 N–H and O–H groups in total. The average Bonchev–Trinajstić information content (AvgIpc) is 4.06. The molecule has 2 aromatic heterocycles. The molecule has 0 spiro atoms. The monoisotopic (exact) mass is 746 g/mol. The summed E-state index contributed by atoms with van der Waals surface area (Å²) in [6, 6.07) is 36.0. The number of benzene rings is 4. The smallest absolute Gasteiger partial charge is 0.245 e. The summed E-state index contributed by atoms with van der Waals surface area (Å²) >= 11 is 0. The summed E-state index contributed by atoms with van der Waals surface area (Å²) in [5, 5.41) is 0. The highest BCUT2D eigenvalue weighted by molar-refractivity contribution is 5.85. The number of rotatable bonds is 11. The van der Waals surface area contributed by atoms with E-state index in [0.717, 1.165) is 82.1 Å². The quantitative estimate of drug-likeness (QED) is 0.139. The number of nitrogens with zero attached hydrogens (tertiary/aromatic N) is 6. The van der Waals surface area contributed by atoms with Crippen molar-refractivity contribution in [2.45, 2.75) is 49.9 Å². The minimum atomic E-state index is -0.352. The number of likely N-dealkylation sites (N-methyl/N-ethyl adjacent to an activating group) is 2. The third-order valence-corrected chi connectivity index (χ3v) is 11.3. The second-order valence-electron chi connectivity index (χ2n) is 15.5. The van der Waals surface area contributed by atoms with E-state index in [-0.39, 0.29) is 36.0 Å². The molecule has 0 bridgehead atoms. The van der Waals surface area contributed by atoms with Crippen molar-refractivity contribution in [2.75, 3.05) is 41.3 Å². The van der Waals surface area contributed by atoms with Crippen LogP contribution in [-0.2, 0) is 9.59 Å². The topological polar surface area (TPSA) is 104 Å². The first-order valence-corrected chi connectivity index (χ1v) is 19.6. The van der Waals surface area contributed by atoms with Crippen molar-refractivity contribution in [3.8, 4) is 33.6 Å². The Morgan fingerprint density at radius 2 is 0.964 bits per heavy atom. The standard InChI is InChI=1S/C46H50N8O2/c1-51(2)41(31-15-7-5-8-16-31)45(55)53-25-13-23-39(53)43-47-29-37(49-43)35-21-11-19-33(27-35)34-20-12-22-36(28-34)38-30-48-44(50-38)40-24-14-26-54(40)46(56)42(52(3)4)32-17-9-6-10-18-32/h5-12,15-22,27-30,39-42H,13-14,23-26H2,1-4H3,(H,47,49)(H,48,50)/t39-,40-,41+,42+/m0/s1. The third-order valence-electron chi connectivity index (χ3n) is 11.3. The van der Waals surface area contributed by atoms with Crippen LogP contribution >= 0.6 is 0 Å². The average molecular weight is 747 g/mol. The van der Waals surface area contributed by atoms with Gasteiger partial charge in [-0.1, -0.05) is 97.1 Å². The van der Waals surface area contributed by atoms with Gasteiger partial charge in [-0.3, -0.25) is 19.4 Å². The highest BCUT2D eigenvalue weighted by atomic mass is 16.2. The molecular weight excluding hydrogens is 697 g/mol. The molecule has 0 aliphatic carbocycles. The molecule has 2 fully saturated rings. The Balaban J connectivity index is 0.991. The molecular formula is C46H50N8O2. The van der Waals surface area contributed by atoms with Crippen LogP contribution in [0.4, 0.5) is 0 Å². The van der Waals surface area contributed by atoms with Crippen molar-refractivity contribution in [1.82, 2.24) is 39.5 Å². The zero-order valence-corrected chi connectivity index (χ0v) is 32.6. The lowest BCUT2D eigenvalue weighted by molar-refractivity contribution is -0.138. The number of hydrogen-bond acceptors (Lipinski definition) is 6. The molecule has 4 aromatic carbocycles. The molecule has 2 aliphatic heterocycles. The number of carbonyl (C=O) groups excluding carboxylic acids is 2. The maximum absolute atomic E-state index is 14.0. The van der Waals surface area contributed by atoms with Gasteiger partial charge in [-0.25, -0.2) is 9.97 Å². The highest BCUT2D eigenvalue weighted by Crippen LogP contribution is 2.37. The molecule has 2 amide bonds. The van der Waals surface area contributed by atoms with Crippen molar-refractivity contribution < 1.29 is 9.59 Å². The van der Waals surface area contributed by atoms with Gasteiger partial charge in [0.15, 0.2) is 0 Å². The van der Waals surface area contributed by atoms with Crippen LogP contribution in [0.1, 0.15) is 72.6 Å². The predicted molar refractivity (Wildman–Crippen MR) is 220 cm³/mol. The van der Waals surface area contributed by atoms with Crippen LogP contribution in [0.5, 0.6) is 0 Å². The summed E-state index contributed by atoms with van der Waals surface area (Å²) < 4.78 is 0. The number of imidazole rings is 2. The number of carbonyl (C=O) groups is 2. The van der Waals surface area contributed by atoms with Crippen molar-refractivity contribution in [3.05, 3.63) is 144 Å². The van der Waals surface area contributed by atoms with Gasteiger partial charge in [0.2, 0.25) is 11.8 Å². The molecule has 0 radical (unpaired) electrons. The highest BCUT2D eigenvalue weighted by Gasteiger charge is 2.38. The van der Waals surface area contributed by atoms with Crippen LogP contribution < -0.4 is 0 Å². The predicted octanol–water partition coefficient (Wildman–Crippen LogP) is 8.07. The van der Waals surface area contributed by atoms with Crippen LogP contribution in [0.15, 0.2) is 122 Å². The number of aromatic amines is 2. The summed E-state index contributed by atoms with van der Waals surface area (Å²) in [6.45, 7) is 1.42. The second-order valence-corrected chi connectivity index (χ2v) is 15.5.